The number of halogens is 4. The summed E-state index contributed by atoms with van der Waals surface area (Å²) in [6.07, 6.45) is -4.30. The van der Waals surface area contributed by atoms with Crippen molar-refractivity contribution >= 4 is 27.5 Å². The van der Waals surface area contributed by atoms with E-state index >= 15 is 0 Å². The highest BCUT2D eigenvalue weighted by molar-refractivity contribution is 7.89. The van der Waals surface area contributed by atoms with E-state index in [0.717, 1.165) is 15.9 Å². The Balaban J connectivity index is 1.65. The summed E-state index contributed by atoms with van der Waals surface area (Å²) in [5.74, 6) is -0.0785. The van der Waals surface area contributed by atoms with Crippen molar-refractivity contribution in [2.45, 2.75) is 29.5 Å². The van der Waals surface area contributed by atoms with Gasteiger partial charge in [-0.1, -0.05) is 23.7 Å². The molecule has 0 radical (unpaired) electrons. The molecule has 4 rings (SSSR count). The molecule has 2 atom stereocenters. The zero-order valence-electron chi connectivity index (χ0n) is 16.7. The van der Waals surface area contributed by atoms with Crippen LogP contribution < -0.4 is 10.6 Å². The van der Waals surface area contributed by atoms with Crippen LogP contribution in [0.15, 0.2) is 41.3 Å². The highest BCUT2D eigenvalue weighted by atomic mass is 35.5. The molecule has 0 saturated carbocycles. The van der Waals surface area contributed by atoms with Gasteiger partial charge in [0.2, 0.25) is 15.9 Å². The number of sulfonamides is 1. The minimum atomic E-state index is -4.64. The monoisotopic (exact) mass is 488 g/mol. The van der Waals surface area contributed by atoms with Gasteiger partial charge in [-0.25, -0.2) is 13.4 Å². The Morgan fingerprint density at radius 3 is 2.47 bits per heavy atom. The molecule has 2 aliphatic heterocycles. The number of pyridine rings is 1. The third kappa shape index (κ3) is 4.61. The molecule has 2 fully saturated rings. The Morgan fingerprint density at radius 1 is 1.12 bits per heavy atom. The summed E-state index contributed by atoms with van der Waals surface area (Å²) in [5.41, 5.74) is -0.224. The van der Waals surface area contributed by atoms with Crippen LogP contribution in [0, 0.1) is 0 Å². The molecule has 0 spiro atoms. The molecule has 0 aliphatic carbocycles. The molecule has 2 N–H and O–H groups in total. The fourth-order valence-corrected chi connectivity index (χ4v) is 5.78. The Labute approximate surface area is 188 Å². The lowest BCUT2D eigenvalue weighted by Crippen LogP contribution is -2.48. The smallest absolute Gasteiger partial charge is 0.355 e. The summed E-state index contributed by atoms with van der Waals surface area (Å²) in [6.45, 7) is 0.992. The molecule has 1 aromatic heterocycles. The second-order valence-corrected chi connectivity index (χ2v) is 9.99. The van der Waals surface area contributed by atoms with E-state index in [1.54, 1.807) is 12.1 Å². The lowest BCUT2D eigenvalue weighted by atomic mass is 9.99. The van der Waals surface area contributed by atoms with Crippen LogP contribution >= 0.6 is 11.6 Å². The maximum Gasteiger partial charge on any atom is 0.416 e. The first-order valence-electron chi connectivity index (χ1n) is 9.89. The standard InChI is InChI=1S/C20H20ClF3N4O3S/c21-18-9-14(20(22,23)24)8-16(27-18)17-11-25-5-6-28(17)32(30,31)15-3-1-12(2-4-15)13-7-19(29)26-10-13/h1-4,8-9,13,17,25H,5-7,10-11H2,(H,26,29). The molecule has 3 heterocycles. The zero-order chi connectivity index (χ0) is 23.1. The van der Waals surface area contributed by atoms with E-state index < -0.39 is 27.8 Å². The number of piperazine rings is 1. The molecule has 2 unspecified atom stereocenters. The summed E-state index contributed by atoms with van der Waals surface area (Å²) in [7, 11) is -4.03. The van der Waals surface area contributed by atoms with Crippen molar-refractivity contribution in [1.29, 1.82) is 0 Å². The number of carbonyl (C=O) groups is 1. The van der Waals surface area contributed by atoms with Crippen LogP contribution in [-0.2, 0) is 21.0 Å². The number of nitrogens with one attached hydrogen (secondary N) is 2. The van der Waals surface area contributed by atoms with Gasteiger partial charge in [-0.2, -0.15) is 17.5 Å². The third-order valence-corrected chi connectivity index (χ3v) is 7.73. The lowest BCUT2D eigenvalue weighted by molar-refractivity contribution is -0.137. The van der Waals surface area contributed by atoms with Crippen molar-refractivity contribution in [3.63, 3.8) is 0 Å². The van der Waals surface area contributed by atoms with Gasteiger partial charge in [0.1, 0.15) is 5.15 Å². The highest BCUT2D eigenvalue weighted by Crippen LogP contribution is 2.35. The Morgan fingerprint density at radius 2 is 1.84 bits per heavy atom. The van der Waals surface area contributed by atoms with Gasteiger partial charge in [0.05, 0.1) is 22.2 Å². The predicted molar refractivity (Wildman–Crippen MR) is 111 cm³/mol. The van der Waals surface area contributed by atoms with Crippen molar-refractivity contribution in [3.05, 3.63) is 58.4 Å². The number of rotatable bonds is 4. The average molecular weight is 489 g/mol. The van der Waals surface area contributed by atoms with Crippen molar-refractivity contribution < 1.29 is 26.4 Å². The van der Waals surface area contributed by atoms with Crippen molar-refractivity contribution in [2.24, 2.45) is 0 Å². The van der Waals surface area contributed by atoms with Crippen LogP contribution in [0.1, 0.15) is 35.2 Å². The number of nitrogens with zero attached hydrogens (tertiary/aromatic N) is 2. The highest BCUT2D eigenvalue weighted by Gasteiger charge is 2.38. The summed E-state index contributed by atoms with van der Waals surface area (Å²) in [5, 5.41) is 5.38. The van der Waals surface area contributed by atoms with Crippen molar-refractivity contribution in [1.82, 2.24) is 19.9 Å². The largest absolute Gasteiger partial charge is 0.416 e. The maximum atomic E-state index is 13.4. The average Bonchev–Trinajstić information content (AvgIpc) is 3.19. The van der Waals surface area contributed by atoms with Crippen molar-refractivity contribution in [2.75, 3.05) is 26.2 Å². The predicted octanol–water partition coefficient (Wildman–Crippen LogP) is 2.69. The Kier molecular flexibility index (Phi) is 6.19. The van der Waals surface area contributed by atoms with E-state index in [1.165, 1.54) is 12.1 Å². The molecular weight excluding hydrogens is 469 g/mol. The summed E-state index contributed by atoms with van der Waals surface area (Å²) in [6, 6.07) is 6.83. The number of alkyl halides is 3. The van der Waals surface area contributed by atoms with E-state index in [4.69, 9.17) is 11.6 Å². The van der Waals surface area contributed by atoms with Crippen molar-refractivity contribution in [3.8, 4) is 0 Å². The van der Waals surface area contributed by atoms with E-state index in [0.29, 0.717) is 25.6 Å². The van der Waals surface area contributed by atoms with Gasteiger partial charge in [0, 0.05) is 38.5 Å². The van der Waals surface area contributed by atoms with Gasteiger partial charge in [-0.3, -0.25) is 4.79 Å². The molecule has 172 valence electrons. The summed E-state index contributed by atoms with van der Waals surface area (Å²) in [4.78, 5) is 15.4. The van der Waals surface area contributed by atoms with Gasteiger partial charge in [-0.05, 0) is 29.8 Å². The van der Waals surface area contributed by atoms with Crippen LogP contribution in [0.2, 0.25) is 5.15 Å². The van der Waals surface area contributed by atoms with E-state index in [2.05, 4.69) is 15.6 Å². The molecule has 7 nitrogen and oxygen atoms in total. The topological polar surface area (TPSA) is 91.4 Å². The fraction of sp³-hybridized carbons (Fsp3) is 0.400. The molecule has 2 aromatic rings. The quantitative estimate of drug-likeness (QED) is 0.646. The number of amides is 1. The SMILES string of the molecule is O=C1CC(c2ccc(S(=O)(=O)N3CCNCC3c3cc(C(F)(F)F)cc(Cl)n3)cc2)CN1. The van der Waals surface area contributed by atoms with Gasteiger partial charge in [0.15, 0.2) is 0 Å². The Hall–Kier alpha value is -2.21. The molecule has 1 aromatic carbocycles. The first-order valence-corrected chi connectivity index (χ1v) is 11.7. The number of carbonyl (C=O) groups excluding carboxylic acids is 1. The molecule has 12 heteroatoms. The molecule has 2 saturated heterocycles. The second kappa shape index (κ2) is 8.62. The summed E-state index contributed by atoms with van der Waals surface area (Å²) >= 11 is 5.82. The van der Waals surface area contributed by atoms with Crippen LogP contribution in [0.4, 0.5) is 13.2 Å². The number of benzene rings is 1. The number of aromatic nitrogens is 1. The van der Waals surface area contributed by atoms with E-state index in [9.17, 15) is 26.4 Å². The van der Waals surface area contributed by atoms with Gasteiger partial charge in [-0.15, -0.1) is 0 Å². The minimum Gasteiger partial charge on any atom is -0.355 e. The normalized spacial score (nSPS) is 22.7. The maximum absolute atomic E-state index is 13.4. The molecule has 1 amide bonds. The van der Waals surface area contributed by atoms with Gasteiger partial charge >= 0.3 is 6.18 Å². The van der Waals surface area contributed by atoms with E-state index in [-0.39, 0.29) is 40.7 Å². The van der Waals surface area contributed by atoms with Crippen LogP contribution in [0.5, 0.6) is 0 Å². The minimum absolute atomic E-state index is 0.0171. The first kappa shape index (κ1) is 23.0. The van der Waals surface area contributed by atoms with Crippen LogP contribution in [0.3, 0.4) is 0 Å². The zero-order valence-corrected chi connectivity index (χ0v) is 18.3. The fourth-order valence-electron chi connectivity index (χ4n) is 3.97. The second-order valence-electron chi connectivity index (χ2n) is 7.71. The molecule has 2 aliphatic rings. The van der Waals surface area contributed by atoms with Crippen LogP contribution in [-0.4, -0.2) is 49.8 Å². The first-order chi connectivity index (χ1) is 15.1. The third-order valence-electron chi connectivity index (χ3n) is 5.61. The van der Waals surface area contributed by atoms with Crippen LogP contribution in [0.25, 0.3) is 0 Å². The Bertz CT molecular complexity index is 1130. The molecule has 0 bridgehead atoms. The lowest BCUT2D eigenvalue weighted by Gasteiger charge is -2.35. The number of hydrogen-bond acceptors (Lipinski definition) is 5. The molecular formula is C20H20ClF3N4O3S. The van der Waals surface area contributed by atoms with E-state index in [1.807, 2.05) is 0 Å². The number of hydrogen-bond donors (Lipinski definition) is 2. The van der Waals surface area contributed by atoms with Gasteiger partial charge < -0.3 is 10.6 Å². The molecule has 32 heavy (non-hydrogen) atoms. The summed E-state index contributed by atoms with van der Waals surface area (Å²) < 4.78 is 67.6. The van der Waals surface area contributed by atoms with Gasteiger partial charge in [0.25, 0.3) is 0 Å².